The first-order valence-electron chi connectivity index (χ1n) is 9.58. The summed E-state index contributed by atoms with van der Waals surface area (Å²) in [6.45, 7) is 5.02. The predicted octanol–water partition coefficient (Wildman–Crippen LogP) is 1.84. The van der Waals surface area contributed by atoms with E-state index in [2.05, 4.69) is 20.5 Å². The average Bonchev–Trinajstić information content (AvgIpc) is 3.48. The molecule has 1 aromatic heterocycles. The number of rotatable bonds is 6. The number of hydrogen-bond donors (Lipinski definition) is 4. The van der Waals surface area contributed by atoms with Gasteiger partial charge in [-0.1, -0.05) is 11.8 Å². The van der Waals surface area contributed by atoms with Crippen molar-refractivity contribution in [1.29, 1.82) is 0 Å². The fraction of sp³-hybridized carbons (Fsp3) is 0.722. The van der Waals surface area contributed by atoms with Crippen LogP contribution in [0.3, 0.4) is 0 Å². The zero-order valence-corrected chi connectivity index (χ0v) is 17.2. The number of H-pyrrole nitrogens is 1. The molecule has 0 saturated heterocycles. The number of carbonyl (C=O) groups is 3. The molecule has 29 heavy (non-hydrogen) atoms. The van der Waals surface area contributed by atoms with Crippen LogP contribution in [0.25, 0.3) is 0 Å². The molecule has 3 aliphatic carbocycles. The van der Waals surface area contributed by atoms with Crippen LogP contribution in [0.2, 0.25) is 0 Å². The van der Waals surface area contributed by atoms with Crippen LogP contribution in [0.4, 0.5) is 4.79 Å². The van der Waals surface area contributed by atoms with Gasteiger partial charge in [0.1, 0.15) is 17.0 Å². The van der Waals surface area contributed by atoms with E-state index in [1.54, 1.807) is 20.8 Å². The van der Waals surface area contributed by atoms with Gasteiger partial charge in [-0.05, 0) is 46.0 Å². The Morgan fingerprint density at radius 1 is 1.28 bits per heavy atom. The number of amides is 1. The number of nitrogens with zero attached hydrogens (tertiary/aromatic N) is 2. The van der Waals surface area contributed by atoms with E-state index < -0.39 is 41.0 Å². The van der Waals surface area contributed by atoms with Gasteiger partial charge in [0.25, 0.3) is 0 Å². The van der Waals surface area contributed by atoms with Crippen LogP contribution in [0, 0.1) is 17.8 Å². The fourth-order valence-electron chi connectivity index (χ4n) is 4.35. The Kier molecular flexibility index (Phi) is 4.56. The van der Waals surface area contributed by atoms with Gasteiger partial charge in [0, 0.05) is 17.1 Å². The summed E-state index contributed by atoms with van der Waals surface area (Å²) in [7, 11) is 0. The number of aliphatic carboxylic acids is 2. The van der Waals surface area contributed by atoms with E-state index in [9.17, 15) is 24.6 Å². The number of aromatic nitrogens is 3. The van der Waals surface area contributed by atoms with Crippen molar-refractivity contribution >= 4 is 29.8 Å². The van der Waals surface area contributed by atoms with Gasteiger partial charge in [-0.15, -0.1) is 5.10 Å². The van der Waals surface area contributed by atoms with Gasteiger partial charge in [-0.25, -0.2) is 14.6 Å². The molecule has 158 valence electrons. The lowest BCUT2D eigenvalue weighted by atomic mass is 9.90. The summed E-state index contributed by atoms with van der Waals surface area (Å²) < 4.78 is 5.23. The largest absolute Gasteiger partial charge is 0.481 e. The normalized spacial score (nSPS) is 33.1. The molecule has 0 unspecified atom stereocenters. The monoisotopic (exact) mass is 424 g/mol. The molecule has 3 saturated carbocycles. The zero-order valence-electron chi connectivity index (χ0n) is 16.3. The molecule has 0 spiro atoms. The van der Waals surface area contributed by atoms with Crippen molar-refractivity contribution in [2.45, 2.75) is 67.5 Å². The minimum absolute atomic E-state index is 0.0820. The van der Waals surface area contributed by atoms with Gasteiger partial charge >= 0.3 is 18.0 Å². The molecule has 3 aliphatic rings. The van der Waals surface area contributed by atoms with Crippen molar-refractivity contribution in [3.05, 3.63) is 5.82 Å². The summed E-state index contributed by atoms with van der Waals surface area (Å²) in [6, 6.07) is 0. The molecule has 10 nitrogen and oxygen atoms in total. The molecule has 0 radical (unpaired) electrons. The highest BCUT2D eigenvalue weighted by Gasteiger charge is 2.76. The molecule has 4 N–H and O–H groups in total. The number of carboxylic acid groups (broad SMARTS) is 2. The van der Waals surface area contributed by atoms with E-state index >= 15 is 0 Å². The van der Waals surface area contributed by atoms with Gasteiger partial charge in [-0.3, -0.25) is 9.89 Å². The van der Waals surface area contributed by atoms with Gasteiger partial charge in [0.2, 0.25) is 5.16 Å². The number of carboxylic acids is 2. The standard InChI is InChI=1S/C18H24N4O6S/c1-17(2,3)28-16(27)20-18(14(25)26)6-8(9-10(11(9)18)13(23)24)29-15-19-12(21-22-15)7-4-5-7/h7-11H,4-6H2,1-3H3,(H,20,27)(H,23,24)(H,25,26)(H,19,21,22)/t8-,9-,10-,11-,18-/m0/s1. The fourth-order valence-corrected chi connectivity index (χ4v) is 5.71. The van der Waals surface area contributed by atoms with Crippen molar-refractivity contribution in [2.24, 2.45) is 17.8 Å². The molecule has 11 heteroatoms. The lowest BCUT2D eigenvalue weighted by Crippen LogP contribution is -2.57. The Labute approximate surface area is 171 Å². The third-order valence-corrected chi connectivity index (χ3v) is 6.87. The first-order valence-corrected chi connectivity index (χ1v) is 10.5. The summed E-state index contributed by atoms with van der Waals surface area (Å²) in [5.74, 6) is -3.03. The van der Waals surface area contributed by atoms with Crippen molar-refractivity contribution in [2.75, 3.05) is 0 Å². The molecule has 1 aromatic rings. The van der Waals surface area contributed by atoms with E-state index in [4.69, 9.17) is 4.74 Å². The molecule has 1 heterocycles. The Balaban J connectivity index is 1.56. The maximum Gasteiger partial charge on any atom is 0.408 e. The van der Waals surface area contributed by atoms with Crippen LogP contribution in [-0.2, 0) is 14.3 Å². The molecular weight excluding hydrogens is 400 g/mol. The van der Waals surface area contributed by atoms with Crippen LogP contribution < -0.4 is 5.32 Å². The lowest BCUT2D eigenvalue weighted by molar-refractivity contribution is -0.147. The Morgan fingerprint density at radius 2 is 1.97 bits per heavy atom. The Morgan fingerprint density at radius 3 is 2.52 bits per heavy atom. The molecule has 0 bridgehead atoms. The summed E-state index contributed by atoms with van der Waals surface area (Å²) in [4.78, 5) is 40.7. The Hall–Kier alpha value is -2.30. The number of alkyl carbamates (subject to hydrolysis) is 1. The van der Waals surface area contributed by atoms with E-state index in [-0.39, 0.29) is 17.6 Å². The molecule has 1 amide bonds. The number of fused-ring (bicyclic) bond motifs is 1. The topological polar surface area (TPSA) is 154 Å². The van der Waals surface area contributed by atoms with Crippen LogP contribution in [-0.4, -0.2) is 59.8 Å². The average molecular weight is 424 g/mol. The smallest absolute Gasteiger partial charge is 0.408 e. The van der Waals surface area contributed by atoms with Crippen LogP contribution in [0.5, 0.6) is 0 Å². The van der Waals surface area contributed by atoms with E-state index in [0.29, 0.717) is 11.1 Å². The highest BCUT2D eigenvalue weighted by atomic mass is 32.2. The molecular formula is C18H24N4O6S. The number of hydrogen-bond acceptors (Lipinski definition) is 7. The number of aromatic amines is 1. The minimum atomic E-state index is -1.69. The van der Waals surface area contributed by atoms with Crippen LogP contribution in [0.1, 0.15) is 51.8 Å². The Bertz CT molecular complexity index is 863. The van der Waals surface area contributed by atoms with E-state index in [1.807, 2.05) is 0 Å². The lowest BCUT2D eigenvalue weighted by Gasteiger charge is -2.31. The highest BCUT2D eigenvalue weighted by molar-refractivity contribution is 7.99. The van der Waals surface area contributed by atoms with Crippen LogP contribution >= 0.6 is 11.8 Å². The van der Waals surface area contributed by atoms with Gasteiger partial charge in [-0.2, -0.15) is 0 Å². The number of nitrogens with one attached hydrogen (secondary N) is 2. The van der Waals surface area contributed by atoms with Gasteiger partial charge in [0.15, 0.2) is 0 Å². The number of ether oxygens (including phenoxy) is 1. The van der Waals surface area contributed by atoms with Crippen molar-refractivity contribution in [3.63, 3.8) is 0 Å². The SMILES string of the molecule is CC(C)(C)OC(=O)N[C@@]1(C(=O)O)C[C@H](Sc2n[nH]c(C3CC3)n2)[C@H]2[C@H](C(=O)O)[C@H]21. The molecule has 0 aromatic carbocycles. The minimum Gasteiger partial charge on any atom is -0.481 e. The summed E-state index contributed by atoms with van der Waals surface area (Å²) >= 11 is 1.28. The zero-order chi connectivity index (χ0) is 21.1. The van der Waals surface area contributed by atoms with E-state index in [1.165, 1.54) is 11.8 Å². The second-order valence-electron chi connectivity index (χ2n) is 9.01. The molecule has 3 fully saturated rings. The van der Waals surface area contributed by atoms with Gasteiger partial charge < -0.3 is 20.3 Å². The second-order valence-corrected chi connectivity index (χ2v) is 10.2. The third kappa shape index (κ3) is 3.67. The maximum atomic E-state index is 12.3. The predicted molar refractivity (Wildman–Crippen MR) is 100 cm³/mol. The quantitative estimate of drug-likeness (QED) is 0.535. The molecule has 4 rings (SSSR count). The molecule has 5 atom stereocenters. The van der Waals surface area contributed by atoms with Crippen molar-refractivity contribution in [1.82, 2.24) is 20.5 Å². The first kappa shape index (κ1) is 20.0. The van der Waals surface area contributed by atoms with Crippen molar-refractivity contribution < 1.29 is 29.3 Å². The van der Waals surface area contributed by atoms with Gasteiger partial charge in [0.05, 0.1) is 5.92 Å². The highest BCUT2D eigenvalue weighted by Crippen LogP contribution is 2.66. The summed E-state index contributed by atoms with van der Waals surface area (Å²) in [6.07, 6.45) is 1.35. The molecule has 0 aliphatic heterocycles. The number of carbonyl (C=O) groups excluding carboxylic acids is 1. The number of thioether (sulfide) groups is 1. The maximum absolute atomic E-state index is 12.3. The van der Waals surface area contributed by atoms with Crippen molar-refractivity contribution in [3.8, 4) is 0 Å². The summed E-state index contributed by atoms with van der Waals surface area (Å²) in [5.41, 5.74) is -2.49. The first-order chi connectivity index (χ1) is 13.5. The summed E-state index contributed by atoms with van der Waals surface area (Å²) in [5, 5.41) is 29.3. The van der Waals surface area contributed by atoms with E-state index in [0.717, 1.165) is 18.7 Å². The third-order valence-electron chi connectivity index (χ3n) is 5.69. The second kappa shape index (κ2) is 6.61. The van der Waals surface area contributed by atoms with Crippen LogP contribution in [0.15, 0.2) is 5.16 Å².